The number of aliphatic hydroxyl groups is 1. The van der Waals surface area contributed by atoms with E-state index in [1.165, 1.54) is 13.2 Å². The van der Waals surface area contributed by atoms with Crippen LogP contribution in [0.25, 0.3) is 0 Å². The topological polar surface area (TPSA) is 29.5 Å². The molecule has 0 saturated heterocycles. The molecule has 0 fully saturated rings. The van der Waals surface area contributed by atoms with Gasteiger partial charge in [-0.2, -0.15) is 0 Å². The van der Waals surface area contributed by atoms with Crippen LogP contribution in [-0.2, 0) is 0 Å². The third-order valence-corrected chi connectivity index (χ3v) is 2.73. The summed E-state index contributed by atoms with van der Waals surface area (Å²) in [5, 5.41) is 9.96. The molecule has 0 amide bonds. The Labute approximate surface area is 102 Å². The van der Waals surface area contributed by atoms with Gasteiger partial charge in [0.05, 0.1) is 13.2 Å². The highest BCUT2D eigenvalue weighted by atomic mass is 19.1. The van der Waals surface area contributed by atoms with Gasteiger partial charge in [0.25, 0.3) is 0 Å². The number of hydrogen-bond donors (Lipinski definition) is 1. The first-order chi connectivity index (χ1) is 7.83. The van der Waals surface area contributed by atoms with Crippen LogP contribution < -0.4 is 4.74 Å². The van der Waals surface area contributed by atoms with Crippen LogP contribution in [0.4, 0.5) is 4.39 Å². The highest BCUT2D eigenvalue weighted by molar-refractivity contribution is 5.30. The molecule has 1 N–H and O–H groups in total. The van der Waals surface area contributed by atoms with Gasteiger partial charge in [0.1, 0.15) is 0 Å². The largest absolute Gasteiger partial charge is 0.494 e. The lowest BCUT2D eigenvalue weighted by molar-refractivity contribution is 0.147. The Morgan fingerprint density at radius 2 is 2.00 bits per heavy atom. The number of rotatable bonds is 4. The molecule has 0 radical (unpaired) electrons. The number of aliphatic hydroxyl groups excluding tert-OH is 1. The number of ether oxygens (including phenoxy) is 1. The Morgan fingerprint density at radius 3 is 2.47 bits per heavy atom. The van der Waals surface area contributed by atoms with Crippen LogP contribution in [0.15, 0.2) is 18.2 Å². The first kappa shape index (κ1) is 14.0. The van der Waals surface area contributed by atoms with Gasteiger partial charge >= 0.3 is 0 Å². The van der Waals surface area contributed by atoms with Gasteiger partial charge in [-0.3, -0.25) is 0 Å². The monoisotopic (exact) mass is 240 g/mol. The van der Waals surface area contributed by atoms with Gasteiger partial charge < -0.3 is 9.84 Å². The quantitative estimate of drug-likeness (QED) is 0.869. The maximum atomic E-state index is 13.4. The molecule has 1 unspecified atom stereocenters. The highest BCUT2D eigenvalue weighted by Crippen LogP contribution is 2.29. The molecule has 1 atom stereocenters. The van der Waals surface area contributed by atoms with Gasteiger partial charge in [-0.05, 0) is 36.0 Å². The molecule has 2 nitrogen and oxygen atoms in total. The summed E-state index contributed by atoms with van der Waals surface area (Å²) in [5.74, 6) is -0.225. The third kappa shape index (κ3) is 4.35. The van der Waals surface area contributed by atoms with E-state index in [9.17, 15) is 9.50 Å². The lowest BCUT2D eigenvalue weighted by atomic mass is 9.88. The summed E-state index contributed by atoms with van der Waals surface area (Å²) in [4.78, 5) is 0. The Kier molecular flexibility index (Phi) is 4.52. The first-order valence-corrected chi connectivity index (χ1v) is 5.85. The van der Waals surface area contributed by atoms with Crippen molar-refractivity contribution in [2.75, 3.05) is 7.11 Å². The van der Waals surface area contributed by atoms with Crippen molar-refractivity contribution in [3.8, 4) is 5.75 Å². The van der Waals surface area contributed by atoms with E-state index in [0.29, 0.717) is 12.0 Å². The lowest BCUT2D eigenvalue weighted by Gasteiger charge is -2.20. The van der Waals surface area contributed by atoms with E-state index in [0.717, 1.165) is 6.42 Å². The van der Waals surface area contributed by atoms with Gasteiger partial charge in [-0.1, -0.05) is 26.8 Å². The third-order valence-electron chi connectivity index (χ3n) is 2.73. The second kappa shape index (κ2) is 5.50. The van der Waals surface area contributed by atoms with Crippen molar-refractivity contribution < 1.29 is 14.2 Å². The molecular weight excluding hydrogens is 219 g/mol. The van der Waals surface area contributed by atoms with Crippen molar-refractivity contribution in [3.63, 3.8) is 0 Å². The molecule has 0 saturated carbocycles. The van der Waals surface area contributed by atoms with Crippen molar-refractivity contribution in [2.45, 2.75) is 39.7 Å². The van der Waals surface area contributed by atoms with Crippen LogP contribution in [0.3, 0.4) is 0 Å². The van der Waals surface area contributed by atoms with Crippen LogP contribution in [0.1, 0.15) is 45.3 Å². The minimum Gasteiger partial charge on any atom is -0.494 e. The summed E-state index contributed by atoms with van der Waals surface area (Å²) < 4.78 is 18.3. The van der Waals surface area contributed by atoms with Gasteiger partial charge in [0, 0.05) is 0 Å². The zero-order chi connectivity index (χ0) is 13.1. The fourth-order valence-corrected chi connectivity index (χ4v) is 1.63. The molecule has 0 aliphatic rings. The van der Waals surface area contributed by atoms with Crippen molar-refractivity contribution >= 4 is 0 Å². The van der Waals surface area contributed by atoms with Gasteiger partial charge in [-0.25, -0.2) is 4.39 Å². The zero-order valence-corrected chi connectivity index (χ0v) is 11.0. The second-order valence-corrected chi connectivity index (χ2v) is 5.51. The van der Waals surface area contributed by atoms with E-state index in [-0.39, 0.29) is 11.2 Å². The van der Waals surface area contributed by atoms with Crippen LogP contribution in [-0.4, -0.2) is 12.2 Å². The van der Waals surface area contributed by atoms with Gasteiger partial charge in [0.15, 0.2) is 11.6 Å². The molecule has 3 heteroatoms. The summed E-state index contributed by atoms with van der Waals surface area (Å²) >= 11 is 0. The maximum Gasteiger partial charge on any atom is 0.165 e. The lowest BCUT2D eigenvalue weighted by Crippen LogP contribution is -2.08. The standard InChI is InChI=1S/C14H21FO2/c1-14(2,3)8-7-12(16)10-5-6-13(17-4)11(15)9-10/h5-6,9,12,16H,7-8H2,1-4H3. The molecule has 1 rings (SSSR count). The number of halogens is 1. The zero-order valence-electron chi connectivity index (χ0n) is 11.0. The first-order valence-electron chi connectivity index (χ1n) is 5.85. The minimum absolute atomic E-state index is 0.173. The van der Waals surface area contributed by atoms with Crippen molar-refractivity contribution in [1.29, 1.82) is 0 Å². The average molecular weight is 240 g/mol. The second-order valence-electron chi connectivity index (χ2n) is 5.51. The molecule has 96 valence electrons. The van der Waals surface area contributed by atoms with Crippen molar-refractivity contribution in [3.05, 3.63) is 29.6 Å². The fourth-order valence-electron chi connectivity index (χ4n) is 1.63. The van der Waals surface area contributed by atoms with E-state index in [1.807, 2.05) is 0 Å². The normalized spacial score (nSPS) is 13.5. The molecule has 0 aliphatic carbocycles. The van der Waals surface area contributed by atoms with E-state index in [2.05, 4.69) is 20.8 Å². The van der Waals surface area contributed by atoms with Gasteiger partial charge in [0.2, 0.25) is 0 Å². The predicted octanol–water partition coefficient (Wildman–Crippen LogP) is 3.69. The molecule has 0 bridgehead atoms. The molecule has 0 aromatic heterocycles. The van der Waals surface area contributed by atoms with Crippen LogP contribution in [0.5, 0.6) is 5.75 Å². The summed E-state index contributed by atoms with van der Waals surface area (Å²) in [7, 11) is 1.42. The molecule has 0 spiro atoms. The molecule has 1 aromatic carbocycles. The molecule has 0 aliphatic heterocycles. The van der Waals surface area contributed by atoms with E-state index < -0.39 is 11.9 Å². The summed E-state index contributed by atoms with van der Waals surface area (Å²) in [6.07, 6.45) is 0.909. The molecular formula is C14H21FO2. The van der Waals surface area contributed by atoms with E-state index >= 15 is 0 Å². The highest BCUT2D eigenvalue weighted by Gasteiger charge is 2.16. The fraction of sp³-hybridized carbons (Fsp3) is 0.571. The maximum absolute atomic E-state index is 13.4. The Bertz CT molecular complexity index is 369. The molecule has 0 heterocycles. The van der Waals surface area contributed by atoms with Crippen LogP contribution in [0.2, 0.25) is 0 Å². The Balaban J connectivity index is 2.69. The molecule has 1 aromatic rings. The van der Waals surface area contributed by atoms with E-state index in [4.69, 9.17) is 4.74 Å². The predicted molar refractivity (Wildman–Crippen MR) is 66.6 cm³/mol. The SMILES string of the molecule is COc1ccc(C(O)CCC(C)(C)C)cc1F. The smallest absolute Gasteiger partial charge is 0.165 e. The van der Waals surface area contributed by atoms with E-state index in [1.54, 1.807) is 12.1 Å². The van der Waals surface area contributed by atoms with Crippen LogP contribution >= 0.6 is 0 Å². The summed E-state index contributed by atoms with van der Waals surface area (Å²) in [6, 6.07) is 4.59. The van der Waals surface area contributed by atoms with Crippen molar-refractivity contribution in [1.82, 2.24) is 0 Å². The summed E-state index contributed by atoms with van der Waals surface area (Å²) in [6.45, 7) is 6.36. The number of benzene rings is 1. The number of methoxy groups -OCH3 is 1. The molecule has 17 heavy (non-hydrogen) atoms. The van der Waals surface area contributed by atoms with Crippen LogP contribution in [0, 0.1) is 11.2 Å². The number of hydrogen-bond acceptors (Lipinski definition) is 2. The van der Waals surface area contributed by atoms with Crippen molar-refractivity contribution in [2.24, 2.45) is 5.41 Å². The average Bonchev–Trinajstić information content (AvgIpc) is 2.24. The Morgan fingerprint density at radius 1 is 1.35 bits per heavy atom. The summed E-state index contributed by atoms with van der Waals surface area (Å²) in [5.41, 5.74) is 0.777. The minimum atomic E-state index is -0.616. The van der Waals surface area contributed by atoms with Gasteiger partial charge in [-0.15, -0.1) is 0 Å². The Hall–Kier alpha value is -1.09.